The van der Waals surface area contributed by atoms with Gasteiger partial charge in [0.05, 0.1) is 4.83 Å². The van der Waals surface area contributed by atoms with Gasteiger partial charge >= 0.3 is 0 Å². The van der Waals surface area contributed by atoms with E-state index in [4.69, 9.17) is 0 Å². The second-order valence-corrected chi connectivity index (χ2v) is 6.72. The molecular weight excluding hydrogens is 316 g/mol. The molecule has 1 heterocycles. The zero-order valence-corrected chi connectivity index (χ0v) is 13.4. The van der Waals surface area contributed by atoms with Crippen LogP contribution in [0, 0.1) is 13.8 Å². The first kappa shape index (κ1) is 12.9. The number of hydrogen-bond donors (Lipinski definition) is 0. The number of aryl methyl sites for hydroxylation is 2. The molecule has 1 unspecified atom stereocenters. The Labute approximate surface area is 126 Å². The summed E-state index contributed by atoms with van der Waals surface area (Å²) < 4.78 is 1.35. The fraction of sp³-hybridized carbons (Fsp3) is 0.176. The first-order valence-electron chi connectivity index (χ1n) is 6.34. The van der Waals surface area contributed by atoms with Crippen molar-refractivity contribution in [3.05, 3.63) is 70.1 Å². The lowest BCUT2D eigenvalue weighted by atomic mass is 10.00. The standard InChI is InChI=1S/C17H15BrS/c1-11-7-8-13(9-12(11)2)17(18)15-10-19-16-6-4-3-5-14(15)16/h3-10,17H,1-2H3. The van der Waals surface area contributed by atoms with Crippen LogP contribution in [0.25, 0.3) is 10.1 Å². The van der Waals surface area contributed by atoms with Crippen LogP contribution < -0.4 is 0 Å². The normalized spacial score (nSPS) is 12.8. The molecule has 2 aromatic carbocycles. The third-order valence-electron chi connectivity index (χ3n) is 3.61. The fourth-order valence-electron chi connectivity index (χ4n) is 2.30. The SMILES string of the molecule is Cc1ccc(C(Br)c2csc3ccccc23)cc1C. The first-order chi connectivity index (χ1) is 9.16. The number of rotatable bonds is 2. The molecule has 0 amide bonds. The molecule has 0 aliphatic carbocycles. The minimum atomic E-state index is 0.267. The minimum absolute atomic E-state index is 0.267. The molecule has 0 bridgehead atoms. The van der Waals surface area contributed by atoms with Crippen LogP contribution >= 0.6 is 27.3 Å². The highest BCUT2D eigenvalue weighted by molar-refractivity contribution is 9.09. The fourth-order valence-corrected chi connectivity index (χ4v) is 4.12. The molecule has 0 fully saturated rings. The Morgan fingerprint density at radius 2 is 1.79 bits per heavy atom. The highest BCUT2D eigenvalue weighted by Gasteiger charge is 2.15. The molecule has 0 saturated heterocycles. The Balaban J connectivity index is 2.08. The zero-order chi connectivity index (χ0) is 13.4. The molecule has 0 aliphatic heterocycles. The summed E-state index contributed by atoms with van der Waals surface area (Å²) in [7, 11) is 0. The second-order valence-electron chi connectivity index (χ2n) is 4.89. The van der Waals surface area contributed by atoms with Crippen LogP contribution in [-0.4, -0.2) is 0 Å². The summed E-state index contributed by atoms with van der Waals surface area (Å²) in [6.07, 6.45) is 0. The highest BCUT2D eigenvalue weighted by atomic mass is 79.9. The van der Waals surface area contributed by atoms with Crippen molar-refractivity contribution in [1.29, 1.82) is 0 Å². The number of fused-ring (bicyclic) bond motifs is 1. The lowest BCUT2D eigenvalue weighted by Crippen LogP contribution is -1.93. The Hall–Kier alpha value is -1.12. The van der Waals surface area contributed by atoms with E-state index in [1.165, 1.54) is 32.3 Å². The van der Waals surface area contributed by atoms with Crippen LogP contribution in [0.2, 0.25) is 0 Å². The highest BCUT2D eigenvalue weighted by Crippen LogP contribution is 2.38. The van der Waals surface area contributed by atoms with Crippen LogP contribution in [0.15, 0.2) is 47.8 Å². The van der Waals surface area contributed by atoms with Gasteiger partial charge in [0.25, 0.3) is 0 Å². The third-order valence-corrected chi connectivity index (χ3v) is 5.61. The van der Waals surface area contributed by atoms with Crippen molar-refractivity contribution in [1.82, 2.24) is 0 Å². The predicted octanol–water partition coefficient (Wildman–Crippen LogP) is 6.00. The van der Waals surface area contributed by atoms with E-state index in [0.717, 1.165) is 0 Å². The van der Waals surface area contributed by atoms with Crippen LogP contribution in [0.4, 0.5) is 0 Å². The average Bonchev–Trinajstić information content (AvgIpc) is 2.85. The molecule has 3 rings (SSSR count). The molecule has 1 aromatic heterocycles. The molecule has 0 nitrogen and oxygen atoms in total. The van der Waals surface area contributed by atoms with Gasteiger partial charge in [0.1, 0.15) is 0 Å². The van der Waals surface area contributed by atoms with E-state index in [9.17, 15) is 0 Å². The van der Waals surface area contributed by atoms with Crippen molar-refractivity contribution in [3.63, 3.8) is 0 Å². The van der Waals surface area contributed by atoms with Crippen LogP contribution in [0.1, 0.15) is 27.1 Å². The topological polar surface area (TPSA) is 0 Å². The maximum absolute atomic E-state index is 3.86. The van der Waals surface area contributed by atoms with Gasteiger partial charge < -0.3 is 0 Å². The monoisotopic (exact) mass is 330 g/mol. The molecule has 96 valence electrons. The Bertz CT molecular complexity index is 727. The van der Waals surface area contributed by atoms with Crippen LogP contribution in [0.5, 0.6) is 0 Å². The van der Waals surface area contributed by atoms with Crippen molar-refractivity contribution in [2.75, 3.05) is 0 Å². The predicted molar refractivity (Wildman–Crippen MR) is 88.5 cm³/mol. The molecule has 0 spiro atoms. The van der Waals surface area contributed by atoms with E-state index in [0.29, 0.717) is 0 Å². The summed E-state index contributed by atoms with van der Waals surface area (Å²) in [5.74, 6) is 0. The van der Waals surface area contributed by atoms with Crippen molar-refractivity contribution < 1.29 is 0 Å². The van der Waals surface area contributed by atoms with E-state index in [1.807, 2.05) is 11.3 Å². The van der Waals surface area contributed by atoms with Crippen molar-refractivity contribution in [2.45, 2.75) is 18.7 Å². The Kier molecular flexibility index (Phi) is 3.46. The number of benzene rings is 2. The van der Waals surface area contributed by atoms with Gasteiger partial charge in [-0.2, -0.15) is 0 Å². The summed E-state index contributed by atoms with van der Waals surface area (Å²) in [6.45, 7) is 4.33. The average molecular weight is 331 g/mol. The summed E-state index contributed by atoms with van der Waals surface area (Å²) in [5.41, 5.74) is 5.38. The summed E-state index contributed by atoms with van der Waals surface area (Å²) in [6, 6.07) is 15.3. The van der Waals surface area contributed by atoms with Gasteiger partial charge in [0.2, 0.25) is 0 Å². The summed E-state index contributed by atoms with van der Waals surface area (Å²) in [4.78, 5) is 0.267. The number of thiophene rings is 1. The van der Waals surface area contributed by atoms with Gasteiger partial charge in [-0.3, -0.25) is 0 Å². The van der Waals surface area contributed by atoms with Gasteiger partial charge in [0, 0.05) is 4.70 Å². The number of halogens is 1. The lowest BCUT2D eigenvalue weighted by Gasteiger charge is -2.12. The van der Waals surface area contributed by atoms with E-state index in [1.54, 1.807) is 0 Å². The van der Waals surface area contributed by atoms with E-state index >= 15 is 0 Å². The van der Waals surface area contributed by atoms with Crippen molar-refractivity contribution >= 4 is 37.4 Å². The molecule has 2 heteroatoms. The van der Waals surface area contributed by atoms with Crippen molar-refractivity contribution in [2.24, 2.45) is 0 Å². The van der Waals surface area contributed by atoms with Gasteiger partial charge in [0.15, 0.2) is 0 Å². The zero-order valence-electron chi connectivity index (χ0n) is 11.0. The maximum atomic E-state index is 3.86. The van der Waals surface area contributed by atoms with Crippen molar-refractivity contribution in [3.8, 4) is 0 Å². The molecule has 19 heavy (non-hydrogen) atoms. The molecule has 0 saturated carbocycles. The number of alkyl halides is 1. The van der Waals surface area contributed by atoms with E-state index < -0.39 is 0 Å². The smallest absolute Gasteiger partial charge is 0.0658 e. The molecule has 3 aromatic rings. The Morgan fingerprint density at radius 1 is 1.00 bits per heavy atom. The van der Waals surface area contributed by atoms with Gasteiger partial charge in [-0.1, -0.05) is 52.3 Å². The summed E-state index contributed by atoms with van der Waals surface area (Å²) in [5, 5.41) is 3.62. The Morgan fingerprint density at radius 3 is 2.58 bits per heavy atom. The van der Waals surface area contributed by atoms with Crippen LogP contribution in [-0.2, 0) is 0 Å². The minimum Gasteiger partial charge on any atom is -0.143 e. The van der Waals surface area contributed by atoms with Gasteiger partial charge in [-0.25, -0.2) is 0 Å². The first-order valence-corrected chi connectivity index (χ1v) is 8.13. The quantitative estimate of drug-likeness (QED) is 0.505. The van der Waals surface area contributed by atoms with Crippen LogP contribution in [0.3, 0.4) is 0 Å². The second kappa shape index (κ2) is 5.10. The maximum Gasteiger partial charge on any atom is 0.0658 e. The molecule has 0 N–H and O–H groups in total. The summed E-state index contributed by atoms with van der Waals surface area (Å²) >= 11 is 5.67. The largest absolute Gasteiger partial charge is 0.143 e. The number of hydrogen-bond acceptors (Lipinski definition) is 1. The van der Waals surface area contributed by atoms with E-state index in [2.05, 4.69) is 77.6 Å². The molecule has 0 aliphatic rings. The molecule has 0 radical (unpaired) electrons. The van der Waals surface area contributed by atoms with Gasteiger partial charge in [-0.15, -0.1) is 11.3 Å². The van der Waals surface area contributed by atoms with Gasteiger partial charge in [-0.05, 0) is 52.9 Å². The molecule has 1 atom stereocenters. The van der Waals surface area contributed by atoms with E-state index in [-0.39, 0.29) is 4.83 Å². The molecular formula is C17H15BrS. The lowest BCUT2D eigenvalue weighted by molar-refractivity contribution is 1.18. The third kappa shape index (κ3) is 2.35.